The maximum Gasteiger partial charge on any atom is 0.462 e. The predicted molar refractivity (Wildman–Crippen MR) is 158 cm³/mol. The van der Waals surface area contributed by atoms with E-state index in [0.29, 0.717) is 0 Å². The summed E-state index contributed by atoms with van der Waals surface area (Å²) in [6.07, 6.45) is -93.4. The lowest BCUT2D eigenvalue weighted by molar-refractivity contribution is -0.600. The summed E-state index contributed by atoms with van der Waals surface area (Å²) in [4.78, 5) is 0. The van der Waals surface area contributed by atoms with Crippen molar-refractivity contribution in [3.8, 4) is 12.3 Å². The van der Waals surface area contributed by atoms with Crippen LogP contribution in [0.5, 0.6) is 0 Å². The van der Waals surface area contributed by atoms with Gasteiger partial charge in [-0.05, 0) is 32.5 Å². The molecule has 0 saturated carbocycles. The van der Waals surface area contributed by atoms with E-state index in [-0.39, 0.29) is 19.1 Å². The van der Waals surface area contributed by atoms with Gasteiger partial charge in [0.2, 0.25) is 0 Å². The molecule has 436 valence electrons. The van der Waals surface area contributed by atoms with Gasteiger partial charge in [-0.15, -0.1) is 6.42 Å². The topological polar surface area (TPSA) is 84.8 Å². The average molecular weight is 1190 g/mol. The second-order valence-corrected chi connectivity index (χ2v) is 19.0. The van der Waals surface area contributed by atoms with Gasteiger partial charge in [0.1, 0.15) is 12.2 Å². The van der Waals surface area contributed by atoms with Gasteiger partial charge >= 0.3 is 103 Å². The maximum absolute atomic E-state index is 15.0. The molecule has 0 amide bonds. The van der Waals surface area contributed by atoms with Crippen molar-refractivity contribution >= 4 is 8.32 Å². The van der Waals surface area contributed by atoms with E-state index in [9.17, 15) is 159 Å². The predicted octanol–water partition coefficient (Wildman–Crippen LogP) is 12.8. The van der Waals surface area contributed by atoms with E-state index < -0.39 is 136 Å². The number of halogens is 35. The molecule has 6 atom stereocenters. The summed E-state index contributed by atoms with van der Waals surface area (Å²) in [5, 5.41) is 9.72. The van der Waals surface area contributed by atoms with Gasteiger partial charge in [0.25, 0.3) is 0 Å². The third-order valence-electron chi connectivity index (χ3n) is 8.21. The monoisotopic (exact) mass is 1190 g/mol. The first-order valence-electron chi connectivity index (χ1n) is 17.3. The zero-order chi connectivity index (χ0) is 59.4. The molecule has 0 aliphatic carbocycles. The van der Waals surface area contributed by atoms with Crippen molar-refractivity contribution in [2.75, 3.05) is 19.8 Å². The van der Waals surface area contributed by atoms with Crippen molar-refractivity contribution in [3.05, 3.63) is 0 Å². The Morgan fingerprint density at radius 1 is 0.411 bits per heavy atom. The molecule has 44 heteroatoms. The van der Waals surface area contributed by atoms with Gasteiger partial charge in [-0.1, -0.05) is 5.92 Å². The number of hydrogen-bond acceptors (Lipinski definition) is 8. The summed E-state index contributed by atoms with van der Waals surface area (Å²) >= 11 is 0. The molecule has 73 heavy (non-hydrogen) atoms. The van der Waals surface area contributed by atoms with Crippen LogP contribution in [0.4, 0.5) is 154 Å². The van der Waals surface area contributed by atoms with Crippen LogP contribution in [0.25, 0.3) is 0 Å². The zero-order valence-electron chi connectivity index (χ0n) is 34.4. The summed E-state index contributed by atoms with van der Waals surface area (Å²) in [5.74, 6) is -50.9. The lowest BCUT2D eigenvalue weighted by Crippen LogP contribution is -2.73. The van der Waals surface area contributed by atoms with Gasteiger partial charge in [0.15, 0.2) is 8.32 Å². The van der Waals surface area contributed by atoms with Crippen LogP contribution in [-0.4, -0.2) is 142 Å². The van der Waals surface area contributed by atoms with Crippen LogP contribution in [0.1, 0.15) is 19.8 Å². The van der Waals surface area contributed by atoms with Crippen LogP contribution < -0.4 is 0 Å². The van der Waals surface area contributed by atoms with Gasteiger partial charge in [-0.25, -0.2) is 0 Å². The van der Waals surface area contributed by atoms with Gasteiger partial charge in [0.05, 0.1) is 0 Å². The number of ether oxygens (including phenoxy) is 6. The number of rotatable bonds is 25. The molecule has 0 aromatic rings. The SMILES string of the molecule is C#CC(C)(O)CCO[Si](C)(C)CCCOCC(F)(OC(F)(F)C(F)(OC(F)(F)C(F)(OC(F)(F)C(F)(OC(F)(F)C(F)(OC(F)(F)C(F)(F)C(F)(F)F)C(F)(F)F)C(F)(F)F)C(F)(F)F)C(F)(F)F)C(F)(F)F. The minimum atomic E-state index is -9.60. The Kier molecular flexibility index (Phi) is 19.6. The highest BCUT2D eigenvalue weighted by molar-refractivity contribution is 6.71. The molecule has 0 radical (unpaired) electrons. The molecule has 0 saturated heterocycles. The first-order valence-corrected chi connectivity index (χ1v) is 20.4. The largest absolute Gasteiger partial charge is 0.462 e. The van der Waals surface area contributed by atoms with E-state index in [0.717, 1.165) is 25.9 Å². The molecule has 0 rings (SSSR count). The minimum Gasteiger partial charge on any atom is -0.417 e. The van der Waals surface area contributed by atoms with E-state index >= 15 is 0 Å². The first kappa shape index (κ1) is 70.0. The Morgan fingerprint density at radius 3 is 0.959 bits per heavy atom. The lowest BCUT2D eigenvalue weighted by atomic mass is 10.1. The molecule has 0 spiro atoms. The molecule has 0 bridgehead atoms. The van der Waals surface area contributed by atoms with Crippen molar-refractivity contribution < 1.29 is 192 Å². The summed E-state index contributed by atoms with van der Waals surface area (Å²) in [6.45, 7) is -1.48. The quantitative estimate of drug-likeness (QED) is 0.0419. The fourth-order valence-electron chi connectivity index (χ4n) is 4.17. The molecule has 0 aromatic heterocycles. The maximum atomic E-state index is 15.0. The van der Waals surface area contributed by atoms with Crippen molar-refractivity contribution in [1.82, 2.24) is 0 Å². The number of hydrogen-bond donors (Lipinski definition) is 1. The molecule has 8 nitrogen and oxygen atoms in total. The normalized spacial score (nSPS) is 20.2. The van der Waals surface area contributed by atoms with Gasteiger partial charge in [-0.2, -0.15) is 154 Å². The van der Waals surface area contributed by atoms with E-state index in [1.807, 2.05) is 10.7 Å². The number of aliphatic hydroxyl groups is 1. The average Bonchev–Trinajstić information content (AvgIpc) is 3.10. The van der Waals surface area contributed by atoms with Gasteiger partial charge in [-0.3, -0.25) is 23.7 Å². The van der Waals surface area contributed by atoms with Crippen molar-refractivity contribution in [3.63, 3.8) is 0 Å². The van der Waals surface area contributed by atoms with Gasteiger partial charge < -0.3 is 14.3 Å². The second kappa shape index (κ2) is 20.4. The molecule has 0 aliphatic rings. The molecule has 0 aromatic carbocycles. The summed E-state index contributed by atoms with van der Waals surface area (Å²) in [7, 11) is -3.08. The van der Waals surface area contributed by atoms with Crippen LogP contribution in [0.3, 0.4) is 0 Å². The lowest BCUT2D eigenvalue weighted by Gasteiger charge is -2.44. The fraction of sp³-hybridized carbons (Fsp3) is 0.931. The van der Waals surface area contributed by atoms with Crippen LogP contribution >= 0.6 is 0 Å². The fourth-order valence-corrected chi connectivity index (χ4v) is 5.97. The zero-order valence-corrected chi connectivity index (χ0v) is 35.4. The van der Waals surface area contributed by atoms with Crippen LogP contribution in [0.15, 0.2) is 0 Å². The number of alkyl halides is 35. The molecular formula is C29H23F35O8Si. The van der Waals surface area contributed by atoms with E-state index in [4.69, 9.17) is 10.8 Å². The van der Waals surface area contributed by atoms with E-state index in [2.05, 4.69) is 4.74 Å². The van der Waals surface area contributed by atoms with Crippen LogP contribution in [-0.2, 0) is 32.8 Å². The van der Waals surface area contributed by atoms with Crippen molar-refractivity contribution in [2.45, 2.75) is 147 Å². The molecule has 1 N–H and O–H groups in total. The first-order chi connectivity index (χ1) is 31.3. The Bertz CT molecular complexity index is 1890. The minimum absolute atomic E-state index is 0.285. The molecule has 0 heterocycles. The van der Waals surface area contributed by atoms with Crippen LogP contribution in [0, 0.1) is 12.3 Å². The second-order valence-electron chi connectivity index (χ2n) is 14.7. The summed E-state index contributed by atoms with van der Waals surface area (Å²) < 4.78 is 496. The van der Waals surface area contributed by atoms with Gasteiger partial charge in [0, 0.05) is 19.6 Å². The van der Waals surface area contributed by atoms with Crippen molar-refractivity contribution in [2.24, 2.45) is 0 Å². The Labute approximate surface area is 380 Å². The highest BCUT2D eigenvalue weighted by Gasteiger charge is 2.91. The highest BCUT2D eigenvalue weighted by Crippen LogP contribution is 2.62. The Hall–Kier alpha value is -2.99. The Balaban J connectivity index is 7.54. The molecular weight excluding hydrogens is 1170 g/mol. The summed E-state index contributed by atoms with van der Waals surface area (Å²) in [6, 6.07) is -0.366. The van der Waals surface area contributed by atoms with Crippen molar-refractivity contribution in [1.29, 1.82) is 0 Å². The number of terminal acetylenes is 1. The van der Waals surface area contributed by atoms with E-state index in [1.54, 1.807) is 0 Å². The summed E-state index contributed by atoms with van der Waals surface area (Å²) in [5.41, 5.74) is -1.77. The third kappa shape index (κ3) is 14.3. The Morgan fingerprint density at radius 2 is 0.699 bits per heavy atom. The third-order valence-corrected chi connectivity index (χ3v) is 10.8. The highest BCUT2D eigenvalue weighted by atomic mass is 28.4. The molecule has 0 fully saturated rings. The molecule has 0 aliphatic heterocycles. The smallest absolute Gasteiger partial charge is 0.417 e. The molecule has 6 unspecified atom stereocenters. The standard InChI is InChI=1S/C29H23F35O8Si/c1-5-12(2,65)7-9-67-73(3,4)10-6-8-66-11-13(30,19(37,38)39)68-26(57,58)15(33,21(43,44)45)70-28(61,62)17(35,23(49,50)51)72-29(63,64)18(36,24(52,53)54)71-27(59,60)16(34,22(46,47)48)69-25(55,56)14(31,32)20(40,41)42/h1,65H,6-11H2,2-4H3. The van der Waals surface area contributed by atoms with Crippen LogP contribution in [0.2, 0.25) is 19.1 Å². The van der Waals surface area contributed by atoms with E-state index in [1.165, 1.54) is 13.1 Å².